The first-order valence-corrected chi connectivity index (χ1v) is 10.9. The summed E-state index contributed by atoms with van der Waals surface area (Å²) in [4.78, 5) is 11.9. The van der Waals surface area contributed by atoms with Gasteiger partial charge in [-0.1, -0.05) is 26.0 Å². The van der Waals surface area contributed by atoms with E-state index in [2.05, 4.69) is 30.1 Å². The fourth-order valence-electron chi connectivity index (χ4n) is 5.67. The topological polar surface area (TPSA) is 75.9 Å². The van der Waals surface area contributed by atoms with E-state index in [0.29, 0.717) is 5.69 Å². The lowest BCUT2D eigenvalue weighted by molar-refractivity contribution is -0.137. The summed E-state index contributed by atoms with van der Waals surface area (Å²) >= 11 is 0. The molecule has 1 heterocycles. The van der Waals surface area contributed by atoms with Crippen LogP contribution < -0.4 is 0 Å². The second kappa shape index (κ2) is 8.42. The number of benzene rings is 1. The molecule has 2 bridgehead atoms. The van der Waals surface area contributed by atoms with Crippen LogP contribution in [0.15, 0.2) is 36.4 Å². The number of nitrogens with zero attached hydrogens (tertiary/aromatic N) is 3. The normalized spacial score (nSPS) is 27.1. The van der Waals surface area contributed by atoms with Crippen molar-refractivity contribution in [1.82, 2.24) is 10.2 Å². The van der Waals surface area contributed by atoms with Gasteiger partial charge in [-0.2, -0.15) is 15.5 Å². The van der Waals surface area contributed by atoms with Gasteiger partial charge in [0.15, 0.2) is 0 Å². The van der Waals surface area contributed by atoms with Crippen LogP contribution in [0.3, 0.4) is 0 Å². The molecule has 5 rings (SSSR count). The number of fused-ring (bicyclic) bond motifs is 2. The molecule has 3 unspecified atom stereocenters. The molecule has 1 aromatic heterocycles. The van der Waals surface area contributed by atoms with E-state index in [1.54, 1.807) is 19.1 Å². The molecule has 3 aliphatic carbocycles. The van der Waals surface area contributed by atoms with E-state index in [-0.39, 0.29) is 35.6 Å². The Bertz CT molecular complexity index is 1110. The largest absolute Gasteiger partial charge is 0.463 e. The highest BCUT2D eigenvalue weighted by Gasteiger charge is 2.57. The molecule has 32 heavy (non-hydrogen) atoms. The molecule has 0 saturated heterocycles. The summed E-state index contributed by atoms with van der Waals surface area (Å²) < 4.78 is 33.7. The minimum Gasteiger partial charge on any atom is -0.463 e. The Morgan fingerprint density at radius 2 is 2.06 bits per heavy atom. The first-order chi connectivity index (χ1) is 15.3. The maximum atomic E-state index is 14.4. The van der Waals surface area contributed by atoms with Crippen LogP contribution in [0.1, 0.15) is 50.8 Å². The van der Waals surface area contributed by atoms with E-state index in [0.717, 1.165) is 18.4 Å². The predicted molar refractivity (Wildman–Crippen MR) is 114 cm³/mol. The van der Waals surface area contributed by atoms with E-state index in [9.17, 15) is 18.8 Å². The Morgan fingerprint density at radius 3 is 2.72 bits per heavy atom. The van der Waals surface area contributed by atoms with Crippen molar-refractivity contribution < 1.29 is 18.3 Å². The van der Waals surface area contributed by atoms with Crippen LogP contribution in [0.25, 0.3) is 11.3 Å². The molecule has 1 saturated carbocycles. The third-order valence-electron chi connectivity index (χ3n) is 7.39. The number of carbonyl (C=O) groups is 1. The highest BCUT2D eigenvalue weighted by Crippen LogP contribution is 2.61. The standard InChI is InChI=1S/C25H25F2N3O2/c1-4-32-22(31)9-8-16(13-28)25-11-10-17(14(2)15(25)3)18-12-21(29-30-24(18)25)23-19(26)6-5-7-20(23)27/h5-9,12,14-17H,4,10-11H2,1-3H3/b9-8+/t14?,15?,16?,17-,25+/m1/s1. The van der Waals surface area contributed by atoms with Crippen LogP contribution in [0, 0.1) is 40.7 Å². The summed E-state index contributed by atoms with van der Waals surface area (Å²) in [5, 5.41) is 18.7. The lowest BCUT2D eigenvalue weighted by Gasteiger charge is -2.56. The van der Waals surface area contributed by atoms with Gasteiger partial charge in [-0.15, -0.1) is 0 Å². The van der Waals surface area contributed by atoms with Gasteiger partial charge in [0, 0.05) is 11.5 Å². The average Bonchev–Trinajstić information content (AvgIpc) is 2.77. The maximum absolute atomic E-state index is 14.4. The Morgan fingerprint density at radius 1 is 1.34 bits per heavy atom. The molecule has 1 aromatic carbocycles. The summed E-state index contributed by atoms with van der Waals surface area (Å²) in [6.07, 6.45) is 4.46. The number of hydrogen-bond acceptors (Lipinski definition) is 5. The van der Waals surface area contributed by atoms with Crippen molar-refractivity contribution in [3.8, 4) is 17.3 Å². The van der Waals surface area contributed by atoms with Gasteiger partial charge >= 0.3 is 5.97 Å². The Labute approximate surface area is 186 Å². The molecule has 3 aliphatic rings. The third kappa shape index (κ3) is 3.29. The number of hydrogen-bond donors (Lipinski definition) is 0. The van der Waals surface area contributed by atoms with Gasteiger partial charge in [0.1, 0.15) is 11.6 Å². The number of aromatic nitrogens is 2. The van der Waals surface area contributed by atoms with E-state index in [1.165, 1.54) is 24.3 Å². The highest BCUT2D eigenvalue weighted by molar-refractivity contribution is 5.82. The first-order valence-electron chi connectivity index (χ1n) is 10.9. The fourth-order valence-corrected chi connectivity index (χ4v) is 5.67. The van der Waals surface area contributed by atoms with E-state index in [1.807, 2.05) is 0 Å². The van der Waals surface area contributed by atoms with Gasteiger partial charge in [-0.3, -0.25) is 0 Å². The number of allylic oxidation sites excluding steroid dienone is 1. The smallest absolute Gasteiger partial charge is 0.330 e. The predicted octanol–water partition coefficient (Wildman–Crippen LogP) is 5.08. The van der Waals surface area contributed by atoms with Gasteiger partial charge < -0.3 is 4.74 Å². The van der Waals surface area contributed by atoms with Crippen LogP contribution >= 0.6 is 0 Å². The second-order valence-corrected chi connectivity index (χ2v) is 8.68. The summed E-state index contributed by atoms with van der Waals surface area (Å²) in [6, 6.07) is 7.80. The zero-order chi connectivity index (χ0) is 23.0. The molecule has 0 aliphatic heterocycles. The number of esters is 1. The maximum Gasteiger partial charge on any atom is 0.330 e. The van der Waals surface area contributed by atoms with Crippen molar-refractivity contribution in [1.29, 1.82) is 5.26 Å². The van der Waals surface area contributed by atoms with E-state index >= 15 is 0 Å². The molecule has 5 nitrogen and oxygen atoms in total. The SMILES string of the molecule is CCOC(=O)/C=C/C(C#N)[C@@]12CC[C@@H](c3cc(-c4c(F)cccc4F)nnc31)C(C)C2C. The second-order valence-electron chi connectivity index (χ2n) is 8.68. The minimum absolute atomic E-state index is 0.107. The molecule has 7 heteroatoms. The van der Waals surface area contributed by atoms with Crippen molar-refractivity contribution in [3.05, 3.63) is 59.3 Å². The summed E-state index contributed by atoms with van der Waals surface area (Å²) in [7, 11) is 0. The number of carbonyl (C=O) groups excluding carboxylic acids is 1. The molecule has 0 amide bonds. The number of ether oxygens (including phenoxy) is 1. The summed E-state index contributed by atoms with van der Waals surface area (Å²) in [6.45, 7) is 6.22. The number of rotatable bonds is 5. The number of halogens is 2. The summed E-state index contributed by atoms with van der Waals surface area (Å²) in [5.74, 6) is -1.99. The van der Waals surface area contributed by atoms with Crippen LogP contribution in [0.2, 0.25) is 0 Å². The Kier molecular flexibility index (Phi) is 5.81. The molecular weight excluding hydrogens is 412 g/mol. The van der Waals surface area contributed by atoms with Gasteiger partial charge in [-0.05, 0) is 61.3 Å². The minimum atomic E-state index is -0.691. The Balaban J connectivity index is 1.85. The highest BCUT2D eigenvalue weighted by atomic mass is 19.1. The molecule has 166 valence electrons. The van der Waals surface area contributed by atoms with Crippen LogP contribution in [-0.4, -0.2) is 22.8 Å². The lowest BCUT2D eigenvalue weighted by Crippen LogP contribution is -2.53. The molecule has 1 fully saturated rings. The van der Waals surface area contributed by atoms with Crippen molar-refractivity contribution >= 4 is 5.97 Å². The van der Waals surface area contributed by atoms with Crippen LogP contribution in [-0.2, 0) is 14.9 Å². The van der Waals surface area contributed by atoms with Crippen LogP contribution in [0.4, 0.5) is 8.78 Å². The molecule has 5 atom stereocenters. The summed E-state index contributed by atoms with van der Waals surface area (Å²) in [5.41, 5.74) is 0.898. The number of nitriles is 1. The third-order valence-corrected chi connectivity index (χ3v) is 7.39. The molecule has 0 spiro atoms. The van der Waals surface area contributed by atoms with Gasteiger partial charge in [0.2, 0.25) is 0 Å². The van der Waals surface area contributed by atoms with Gasteiger partial charge in [0.05, 0.1) is 35.5 Å². The Hall–Kier alpha value is -3.14. The van der Waals surface area contributed by atoms with Crippen molar-refractivity contribution in [2.45, 2.75) is 44.9 Å². The molecule has 2 aromatic rings. The molecule has 0 N–H and O–H groups in total. The molecular formula is C25H25F2N3O2. The van der Waals surface area contributed by atoms with E-state index < -0.39 is 28.9 Å². The van der Waals surface area contributed by atoms with Crippen molar-refractivity contribution in [3.63, 3.8) is 0 Å². The van der Waals surface area contributed by atoms with Crippen molar-refractivity contribution in [2.24, 2.45) is 17.8 Å². The zero-order valence-corrected chi connectivity index (χ0v) is 18.3. The first kappa shape index (κ1) is 22.1. The average molecular weight is 437 g/mol. The zero-order valence-electron chi connectivity index (χ0n) is 18.3. The van der Waals surface area contributed by atoms with Gasteiger partial charge in [-0.25, -0.2) is 13.6 Å². The van der Waals surface area contributed by atoms with Gasteiger partial charge in [0.25, 0.3) is 0 Å². The quantitative estimate of drug-likeness (QED) is 0.482. The lowest BCUT2D eigenvalue weighted by atomic mass is 9.47. The van der Waals surface area contributed by atoms with Crippen LogP contribution in [0.5, 0.6) is 0 Å². The van der Waals surface area contributed by atoms with Crippen molar-refractivity contribution in [2.75, 3.05) is 6.61 Å². The molecule has 0 radical (unpaired) electrons. The van der Waals surface area contributed by atoms with E-state index in [4.69, 9.17) is 4.74 Å². The monoisotopic (exact) mass is 437 g/mol. The fraction of sp³-hybridized carbons (Fsp3) is 0.440.